The smallest absolute Gasteiger partial charge is 0.236 e. The Morgan fingerprint density at radius 2 is 2.14 bits per heavy atom. The number of rotatable bonds is 3. The lowest BCUT2D eigenvalue weighted by Crippen LogP contribution is -2.27. The van der Waals surface area contributed by atoms with Crippen LogP contribution in [0.15, 0.2) is 18.2 Å². The van der Waals surface area contributed by atoms with Crippen molar-refractivity contribution >= 4 is 29.2 Å². The summed E-state index contributed by atoms with van der Waals surface area (Å²) < 4.78 is 0. The first-order chi connectivity index (χ1) is 10.2. The van der Waals surface area contributed by atoms with Gasteiger partial charge in [0.25, 0.3) is 0 Å². The second-order valence-corrected chi connectivity index (χ2v) is 5.48. The molecule has 0 fully saturated rings. The Bertz CT molecular complexity index is 659. The van der Waals surface area contributed by atoms with E-state index in [0.29, 0.717) is 11.9 Å². The molecule has 2 aromatic rings. The molecular formula is C15H18ClN5. The van der Waals surface area contributed by atoms with E-state index >= 15 is 0 Å². The highest BCUT2D eigenvalue weighted by atomic mass is 35.5. The third-order valence-corrected chi connectivity index (χ3v) is 3.70. The molecule has 1 N–H and O–H groups in total. The van der Waals surface area contributed by atoms with Gasteiger partial charge in [-0.3, -0.25) is 0 Å². The van der Waals surface area contributed by atoms with Crippen molar-refractivity contribution in [3.05, 3.63) is 34.6 Å². The minimum absolute atomic E-state index is 0.218. The summed E-state index contributed by atoms with van der Waals surface area (Å²) in [5.74, 6) is 1.13. The van der Waals surface area contributed by atoms with Crippen molar-refractivity contribution in [3.63, 3.8) is 0 Å². The zero-order chi connectivity index (χ0) is 14.8. The van der Waals surface area contributed by atoms with E-state index in [4.69, 9.17) is 11.6 Å². The Hall–Kier alpha value is -1.88. The molecule has 0 saturated heterocycles. The quantitative estimate of drug-likeness (QED) is 0.942. The zero-order valence-electron chi connectivity index (χ0n) is 12.2. The topological polar surface area (TPSA) is 53.9 Å². The fourth-order valence-electron chi connectivity index (χ4n) is 2.63. The van der Waals surface area contributed by atoms with Crippen molar-refractivity contribution in [2.75, 3.05) is 23.3 Å². The maximum Gasteiger partial charge on any atom is 0.236 e. The fourth-order valence-corrected chi connectivity index (χ4v) is 2.79. The average Bonchev–Trinajstić information content (AvgIpc) is 2.46. The van der Waals surface area contributed by atoms with Crippen molar-refractivity contribution in [2.24, 2.45) is 0 Å². The number of benzene rings is 1. The molecule has 0 radical (unpaired) electrons. The van der Waals surface area contributed by atoms with Gasteiger partial charge in [-0.25, -0.2) is 0 Å². The van der Waals surface area contributed by atoms with E-state index < -0.39 is 0 Å². The van der Waals surface area contributed by atoms with Gasteiger partial charge >= 0.3 is 0 Å². The van der Waals surface area contributed by atoms with E-state index in [1.165, 1.54) is 11.1 Å². The first kappa shape index (κ1) is 14.1. The zero-order valence-corrected chi connectivity index (χ0v) is 13.0. The largest absolute Gasteiger partial charge is 0.354 e. The normalized spacial score (nSPS) is 14.0. The lowest BCUT2D eigenvalue weighted by Gasteiger charge is -2.29. The van der Waals surface area contributed by atoms with Crippen molar-refractivity contribution in [1.29, 1.82) is 0 Å². The minimum atomic E-state index is 0.218. The third-order valence-electron chi connectivity index (χ3n) is 3.53. The molecule has 21 heavy (non-hydrogen) atoms. The number of nitrogens with one attached hydrogen (secondary N) is 1. The predicted octanol–water partition coefficient (Wildman–Crippen LogP) is 3.35. The molecule has 1 aromatic heterocycles. The van der Waals surface area contributed by atoms with Crippen LogP contribution in [-0.4, -0.2) is 28.0 Å². The molecule has 0 bridgehead atoms. The van der Waals surface area contributed by atoms with E-state index in [1.807, 2.05) is 6.92 Å². The van der Waals surface area contributed by atoms with Crippen molar-refractivity contribution < 1.29 is 0 Å². The number of fused-ring (bicyclic) bond motifs is 1. The number of anilines is 3. The number of nitrogens with zero attached hydrogens (tertiary/aromatic N) is 4. The summed E-state index contributed by atoms with van der Waals surface area (Å²) in [7, 11) is 0. The minimum Gasteiger partial charge on any atom is -0.354 e. The van der Waals surface area contributed by atoms with Gasteiger partial charge in [-0.15, -0.1) is 0 Å². The average molecular weight is 304 g/mol. The van der Waals surface area contributed by atoms with Crippen LogP contribution >= 0.6 is 11.6 Å². The number of halogens is 1. The summed E-state index contributed by atoms with van der Waals surface area (Å²) >= 11 is 6.03. The standard InChI is InChI=1S/C15H18ClN5/c1-3-17-14-18-13(16)19-15(20-14)21-8-4-5-11-9-10(2)6-7-12(11)21/h6-7,9H,3-5,8H2,1-2H3,(H,17,18,19,20). The first-order valence-corrected chi connectivity index (χ1v) is 7.57. The molecule has 0 saturated carbocycles. The molecular weight excluding hydrogens is 286 g/mol. The van der Waals surface area contributed by atoms with Crippen molar-refractivity contribution in [2.45, 2.75) is 26.7 Å². The summed E-state index contributed by atoms with van der Waals surface area (Å²) in [4.78, 5) is 15.0. The van der Waals surface area contributed by atoms with E-state index in [2.05, 4.69) is 50.3 Å². The van der Waals surface area contributed by atoms with Gasteiger partial charge in [0.15, 0.2) is 0 Å². The Morgan fingerprint density at radius 1 is 1.29 bits per heavy atom. The van der Waals surface area contributed by atoms with Crippen LogP contribution in [0.25, 0.3) is 0 Å². The van der Waals surface area contributed by atoms with Crippen LogP contribution in [0.3, 0.4) is 0 Å². The van der Waals surface area contributed by atoms with E-state index in [0.717, 1.165) is 31.6 Å². The Labute approximate surface area is 129 Å². The molecule has 6 heteroatoms. The van der Waals surface area contributed by atoms with Gasteiger partial charge in [0.1, 0.15) is 0 Å². The van der Waals surface area contributed by atoms with Crippen LogP contribution in [-0.2, 0) is 6.42 Å². The van der Waals surface area contributed by atoms with Gasteiger partial charge in [0.05, 0.1) is 0 Å². The van der Waals surface area contributed by atoms with Gasteiger partial charge < -0.3 is 10.2 Å². The molecule has 5 nitrogen and oxygen atoms in total. The highest BCUT2D eigenvalue weighted by molar-refractivity contribution is 6.28. The second kappa shape index (κ2) is 5.85. The van der Waals surface area contributed by atoms with Crippen LogP contribution in [0.4, 0.5) is 17.6 Å². The van der Waals surface area contributed by atoms with Crippen LogP contribution < -0.4 is 10.2 Å². The van der Waals surface area contributed by atoms with Crippen LogP contribution in [0, 0.1) is 6.92 Å². The highest BCUT2D eigenvalue weighted by Crippen LogP contribution is 2.32. The first-order valence-electron chi connectivity index (χ1n) is 7.20. The summed E-state index contributed by atoms with van der Waals surface area (Å²) in [6.45, 7) is 5.75. The van der Waals surface area contributed by atoms with Gasteiger partial charge in [-0.1, -0.05) is 17.7 Å². The Morgan fingerprint density at radius 3 is 2.95 bits per heavy atom. The van der Waals surface area contributed by atoms with E-state index in [1.54, 1.807) is 0 Å². The maximum atomic E-state index is 6.03. The molecule has 0 aliphatic carbocycles. The van der Waals surface area contributed by atoms with Gasteiger partial charge in [0, 0.05) is 18.8 Å². The number of aromatic nitrogens is 3. The lowest BCUT2D eigenvalue weighted by atomic mass is 10.00. The Balaban J connectivity index is 2.02. The molecule has 1 aliphatic rings. The summed E-state index contributed by atoms with van der Waals surface area (Å²) in [5.41, 5.74) is 3.77. The van der Waals surface area contributed by atoms with Gasteiger partial charge in [-0.05, 0) is 49.9 Å². The van der Waals surface area contributed by atoms with Crippen LogP contribution in [0.5, 0.6) is 0 Å². The number of hydrogen-bond acceptors (Lipinski definition) is 5. The molecule has 110 valence electrons. The molecule has 0 unspecified atom stereocenters. The predicted molar refractivity (Wildman–Crippen MR) is 85.5 cm³/mol. The number of hydrogen-bond donors (Lipinski definition) is 1. The Kier molecular flexibility index (Phi) is 3.92. The molecule has 0 spiro atoms. The van der Waals surface area contributed by atoms with Crippen molar-refractivity contribution in [3.8, 4) is 0 Å². The monoisotopic (exact) mass is 303 g/mol. The highest BCUT2D eigenvalue weighted by Gasteiger charge is 2.21. The summed E-state index contributed by atoms with van der Waals surface area (Å²) in [5, 5.41) is 3.31. The van der Waals surface area contributed by atoms with E-state index in [-0.39, 0.29) is 5.28 Å². The third kappa shape index (κ3) is 2.93. The SMILES string of the molecule is CCNc1nc(Cl)nc(N2CCCc3cc(C)ccc32)n1. The molecule has 1 aliphatic heterocycles. The molecule has 1 aromatic carbocycles. The molecule has 0 amide bonds. The molecule has 2 heterocycles. The van der Waals surface area contributed by atoms with Gasteiger partial charge in [0.2, 0.25) is 17.2 Å². The maximum absolute atomic E-state index is 6.03. The van der Waals surface area contributed by atoms with Crippen LogP contribution in [0.1, 0.15) is 24.5 Å². The van der Waals surface area contributed by atoms with E-state index in [9.17, 15) is 0 Å². The fraction of sp³-hybridized carbons (Fsp3) is 0.400. The van der Waals surface area contributed by atoms with Crippen LogP contribution in [0.2, 0.25) is 5.28 Å². The molecule has 0 atom stereocenters. The number of aryl methyl sites for hydroxylation is 2. The van der Waals surface area contributed by atoms with Crippen molar-refractivity contribution in [1.82, 2.24) is 15.0 Å². The second-order valence-electron chi connectivity index (χ2n) is 5.15. The molecule has 3 rings (SSSR count). The van der Waals surface area contributed by atoms with Gasteiger partial charge in [-0.2, -0.15) is 15.0 Å². The lowest BCUT2D eigenvalue weighted by molar-refractivity contribution is 0.747. The summed E-state index contributed by atoms with van der Waals surface area (Å²) in [6, 6.07) is 6.48. The summed E-state index contributed by atoms with van der Waals surface area (Å²) in [6.07, 6.45) is 2.17.